The van der Waals surface area contributed by atoms with E-state index in [-0.39, 0.29) is 22.5 Å². The molecule has 3 unspecified atom stereocenters. The maximum Gasteiger partial charge on any atom is 0.140 e. The van der Waals surface area contributed by atoms with Crippen LogP contribution in [-0.2, 0) is 16.1 Å². The van der Waals surface area contributed by atoms with Crippen molar-refractivity contribution in [3.63, 3.8) is 0 Å². The first kappa shape index (κ1) is 10.4. The molecule has 0 aliphatic heterocycles. The minimum Gasteiger partial charge on any atom is -0.299 e. The van der Waals surface area contributed by atoms with E-state index >= 15 is 0 Å². The van der Waals surface area contributed by atoms with Crippen LogP contribution in [0, 0.1) is 16.7 Å². The van der Waals surface area contributed by atoms with Gasteiger partial charge < -0.3 is 0 Å². The van der Waals surface area contributed by atoms with Gasteiger partial charge in [0.15, 0.2) is 0 Å². The molecule has 0 amide bonds. The second kappa shape index (κ2) is 2.92. The van der Waals surface area contributed by atoms with Gasteiger partial charge in [-0.05, 0) is 18.8 Å². The average molecular weight is 233 g/mol. The van der Waals surface area contributed by atoms with Gasteiger partial charge in [-0.2, -0.15) is 0 Å². The van der Waals surface area contributed by atoms with E-state index in [1.54, 1.807) is 0 Å². The number of carbonyl (C=O) groups excluding carboxylic acids is 1. The molecule has 2 nitrogen and oxygen atoms in total. The monoisotopic (exact) mass is 232 g/mol. The molecule has 14 heavy (non-hydrogen) atoms. The molecule has 2 fully saturated rings. The zero-order chi connectivity index (χ0) is 10.6. The fourth-order valence-corrected chi connectivity index (χ4v) is 4.04. The molecule has 2 aliphatic rings. The normalized spacial score (nSPS) is 45.6. The summed E-state index contributed by atoms with van der Waals surface area (Å²) < 4.78 is 11.2. The molecule has 0 N–H and O–H groups in total. The molecule has 78 valence electrons. The van der Waals surface area contributed by atoms with Crippen LogP contribution in [0.4, 0.5) is 0 Å². The van der Waals surface area contributed by atoms with Crippen molar-refractivity contribution in [1.82, 2.24) is 0 Å². The number of Topliss-reactive ketones (excluding diaryl/α,β-unsaturated/α-hetero) is 1. The van der Waals surface area contributed by atoms with Crippen LogP contribution < -0.4 is 0 Å². The molecule has 0 aromatic carbocycles. The SMILES string of the molecule is CC12CCC(CC1=O)C2(C)C(Cl)=S=O. The summed E-state index contributed by atoms with van der Waals surface area (Å²) in [5.41, 5.74) is -0.760. The van der Waals surface area contributed by atoms with Crippen LogP contribution in [0.2, 0.25) is 0 Å². The van der Waals surface area contributed by atoms with E-state index < -0.39 is 0 Å². The van der Waals surface area contributed by atoms with Crippen LogP contribution in [0.5, 0.6) is 0 Å². The molecular weight excluding hydrogens is 220 g/mol. The average Bonchev–Trinajstić information content (AvgIpc) is 2.52. The number of rotatable bonds is 1. The Bertz CT molecular complexity index is 361. The molecule has 0 heterocycles. The van der Waals surface area contributed by atoms with Gasteiger partial charge in [-0.25, -0.2) is 4.21 Å². The molecule has 0 radical (unpaired) electrons. The van der Waals surface area contributed by atoms with Gasteiger partial charge in [-0.1, -0.05) is 25.4 Å². The Morgan fingerprint density at radius 1 is 1.57 bits per heavy atom. The third-order valence-corrected chi connectivity index (χ3v) is 5.64. The summed E-state index contributed by atoms with van der Waals surface area (Å²) in [5.74, 6) is 0.567. The third kappa shape index (κ3) is 0.924. The van der Waals surface area contributed by atoms with E-state index in [2.05, 4.69) is 0 Å². The summed E-state index contributed by atoms with van der Waals surface area (Å²) in [6.07, 6.45) is 2.50. The Morgan fingerprint density at radius 2 is 2.21 bits per heavy atom. The molecule has 0 saturated heterocycles. The van der Waals surface area contributed by atoms with E-state index in [0.29, 0.717) is 22.0 Å². The fraction of sp³-hybridized carbons (Fsp3) is 0.800. The van der Waals surface area contributed by atoms with Gasteiger partial charge in [0, 0.05) is 17.3 Å². The molecule has 2 rings (SSSR count). The zero-order valence-corrected chi connectivity index (χ0v) is 9.87. The molecule has 2 aliphatic carbocycles. The first-order valence-corrected chi connectivity index (χ1v) is 5.95. The maximum absolute atomic E-state index is 11.8. The molecule has 2 bridgehead atoms. The van der Waals surface area contributed by atoms with Crippen LogP contribution in [0.25, 0.3) is 0 Å². The Labute approximate surface area is 92.1 Å². The summed E-state index contributed by atoms with van der Waals surface area (Å²) >= 11 is 6.36. The van der Waals surface area contributed by atoms with Gasteiger partial charge in [0.2, 0.25) is 0 Å². The highest BCUT2D eigenvalue weighted by molar-refractivity contribution is 7.70. The Morgan fingerprint density at radius 3 is 2.57 bits per heavy atom. The van der Waals surface area contributed by atoms with Crippen molar-refractivity contribution in [2.45, 2.75) is 33.1 Å². The Kier molecular flexibility index (Phi) is 2.16. The van der Waals surface area contributed by atoms with E-state index in [4.69, 9.17) is 11.6 Å². The highest BCUT2D eigenvalue weighted by Gasteiger charge is 2.65. The van der Waals surface area contributed by atoms with Crippen molar-refractivity contribution in [1.29, 1.82) is 0 Å². The van der Waals surface area contributed by atoms with Gasteiger partial charge in [-0.3, -0.25) is 4.79 Å². The lowest BCUT2D eigenvalue weighted by molar-refractivity contribution is -0.127. The van der Waals surface area contributed by atoms with E-state index in [0.717, 1.165) is 12.8 Å². The number of ketones is 1. The highest BCUT2D eigenvalue weighted by Crippen LogP contribution is 2.64. The summed E-state index contributed by atoms with van der Waals surface area (Å²) in [7, 11) is 0. The molecule has 0 spiro atoms. The summed E-state index contributed by atoms with van der Waals surface area (Å²) in [4.78, 5) is 11.8. The van der Waals surface area contributed by atoms with Crippen molar-refractivity contribution < 1.29 is 9.00 Å². The molecule has 0 aromatic rings. The molecule has 2 saturated carbocycles. The minimum atomic E-state index is -0.383. The maximum atomic E-state index is 11.8. The molecule has 3 atom stereocenters. The van der Waals surface area contributed by atoms with Crippen molar-refractivity contribution in [2.24, 2.45) is 16.7 Å². The van der Waals surface area contributed by atoms with E-state index in [1.165, 1.54) is 0 Å². The van der Waals surface area contributed by atoms with Gasteiger partial charge in [0.1, 0.15) is 21.4 Å². The van der Waals surface area contributed by atoms with Crippen LogP contribution >= 0.6 is 11.6 Å². The highest BCUT2D eigenvalue weighted by atomic mass is 35.5. The Balaban J connectivity index is 2.57. The number of fused-ring (bicyclic) bond motifs is 2. The van der Waals surface area contributed by atoms with Gasteiger partial charge in [-0.15, -0.1) is 0 Å². The van der Waals surface area contributed by atoms with Crippen molar-refractivity contribution in [2.75, 3.05) is 0 Å². The standard InChI is InChI=1S/C10H13ClO2S/c1-9-4-3-6(5-7(9)12)10(9,2)8(11)14-13/h6H,3-5H2,1-2H3. The number of halogens is 1. The van der Waals surface area contributed by atoms with Crippen LogP contribution in [0.3, 0.4) is 0 Å². The lowest BCUT2D eigenvalue weighted by Crippen LogP contribution is -2.39. The minimum absolute atomic E-state index is 0.281. The third-order valence-electron chi connectivity index (χ3n) is 4.48. The number of hydrogen-bond donors (Lipinski definition) is 0. The summed E-state index contributed by atoms with van der Waals surface area (Å²) in [6, 6.07) is 0. The van der Waals surface area contributed by atoms with Crippen molar-refractivity contribution >= 4 is 33.0 Å². The quantitative estimate of drug-likeness (QED) is 0.512. The largest absolute Gasteiger partial charge is 0.299 e. The zero-order valence-electron chi connectivity index (χ0n) is 8.30. The van der Waals surface area contributed by atoms with Gasteiger partial charge in [0.05, 0.1) is 0 Å². The number of carbonyl (C=O) groups is 1. The summed E-state index contributed by atoms with van der Waals surface area (Å²) in [6.45, 7) is 3.93. The molecule has 0 aromatic heterocycles. The smallest absolute Gasteiger partial charge is 0.140 e. The predicted octanol–water partition coefficient (Wildman–Crippen LogP) is 1.96. The number of hydrogen-bond acceptors (Lipinski definition) is 2. The molecule has 4 heteroatoms. The van der Waals surface area contributed by atoms with Gasteiger partial charge >= 0.3 is 0 Å². The molecular formula is C10H13ClO2S. The first-order valence-electron chi connectivity index (χ1n) is 4.83. The first-order chi connectivity index (χ1) is 6.46. The van der Waals surface area contributed by atoms with E-state index in [1.807, 2.05) is 13.8 Å². The topological polar surface area (TPSA) is 34.1 Å². The van der Waals surface area contributed by atoms with E-state index in [9.17, 15) is 9.00 Å². The Hall–Kier alpha value is -0.150. The predicted molar refractivity (Wildman–Crippen MR) is 57.6 cm³/mol. The van der Waals surface area contributed by atoms with Crippen LogP contribution in [-0.4, -0.2) is 14.3 Å². The van der Waals surface area contributed by atoms with Crippen molar-refractivity contribution in [3.8, 4) is 0 Å². The van der Waals surface area contributed by atoms with Crippen LogP contribution in [0.1, 0.15) is 33.1 Å². The summed E-state index contributed by atoms with van der Waals surface area (Å²) in [5, 5.41) is 0. The lowest BCUT2D eigenvalue weighted by atomic mass is 9.70. The van der Waals surface area contributed by atoms with Crippen molar-refractivity contribution in [3.05, 3.63) is 0 Å². The second-order valence-corrected chi connectivity index (χ2v) is 5.93. The lowest BCUT2D eigenvalue weighted by Gasteiger charge is -2.34. The fourth-order valence-electron chi connectivity index (χ4n) is 3.11. The second-order valence-electron chi connectivity index (χ2n) is 4.75. The van der Waals surface area contributed by atoms with Gasteiger partial charge in [0.25, 0.3) is 0 Å². The van der Waals surface area contributed by atoms with Crippen LogP contribution in [0.15, 0.2) is 0 Å².